The van der Waals surface area contributed by atoms with E-state index < -0.39 is 0 Å². The largest absolute Gasteiger partial charge is 0.497 e. The van der Waals surface area contributed by atoms with Gasteiger partial charge in [0.05, 0.1) is 19.3 Å². The fourth-order valence-electron chi connectivity index (χ4n) is 3.23. The third kappa shape index (κ3) is 7.35. The minimum atomic E-state index is -0.0227. The minimum absolute atomic E-state index is 0. The van der Waals surface area contributed by atoms with Crippen LogP contribution >= 0.6 is 24.0 Å². The molecular weight excluding hydrogens is 497 g/mol. The van der Waals surface area contributed by atoms with Gasteiger partial charge in [0.1, 0.15) is 23.9 Å². The smallest absolute Gasteiger partial charge is 0.194 e. The fraction of sp³-hybridized carbons (Fsp3) is 0.524. The first kappa shape index (κ1) is 24.3. The van der Waals surface area contributed by atoms with Crippen molar-refractivity contribution in [2.75, 3.05) is 46.4 Å². The Kier molecular flexibility index (Phi) is 10.2. The molecule has 0 radical (unpaired) electrons. The van der Waals surface area contributed by atoms with Gasteiger partial charge in [0, 0.05) is 45.3 Å². The zero-order valence-corrected chi connectivity index (χ0v) is 20.2. The molecule has 8 nitrogen and oxygen atoms in total. The summed E-state index contributed by atoms with van der Waals surface area (Å²) in [7, 11) is 1.66. The van der Waals surface area contributed by atoms with Gasteiger partial charge < -0.3 is 24.2 Å². The van der Waals surface area contributed by atoms with Crippen molar-refractivity contribution in [1.29, 1.82) is 0 Å². The normalized spacial score (nSPS) is 16.0. The lowest BCUT2D eigenvalue weighted by atomic mass is 10.3. The Bertz CT molecular complexity index is 747. The summed E-state index contributed by atoms with van der Waals surface area (Å²) < 4.78 is 16.1. The number of hydrogen-bond acceptors (Lipinski definition) is 6. The molecule has 166 valence electrons. The fourth-order valence-corrected chi connectivity index (χ4v) is 3.23. The molecule has 1 aromatic carbocycles. The van der Waals surface area contributed by atoms with E-state index >= 15 is 0 Å². The van der Waals surface area contributed by atoms with Gasteiger partial charge in [0.25, 0.3) is 0 Å². The molecule has 1 aliphatic rings. The van der Waals surface area contributed by atoms with E-state index in [4.69, 9.17) is 19.0 Å². The average Bonchev–Trinajstić information content (AvgIpc) is 3.25. The number of ether oxygens (including phenoxy) is 2. The van der Waals surface area contributed by atoms with Crippen LogP contribution in [0, 0.1) is 0 Å². The van der Waals surface area contributed by atoms with Crippen molar-refractivity contribution in [2.45, 2.75) is 26.5 Å². The van der Waals surface area contributed by atoms with Crippen LogP contribution in [0.4, 0.5) is 0 Å². The monoisotopic (exact) mass is 529 g/mol. The molecule has 0 spiro atoms. The summed E-state index contributed by atoms with van der Waals surface area (Å²) in [4.78, 5) is 9.49. The van der Waals surface area contributed by atoms with Crippen LogP contribution in [-0.2, 0) is 6.54 Å². The number of aliphatic imine (C=N–C) groups is 1. The zero-order valence-electron chi connectivity index (χ0n) is 17.9. The van der Waals surface area contributed by atoms with Crippen molar-refractivity contribution in [3.05, 3.63) is 42.3 Å². The van der Waals surface area contributed by atoms with Crippen LogP contribution in [0.5, 0.6) is 11.5 Å². The molecule has 0 amide bonds. The third-order valence-corrected chi connectivity index (χ3v) is 4.78. The molecule has 2 heterocycles. The first-order valence-electron chi connectivity index (χ1n) is 10.1. The average molecular weight is 529 g/mol. The number of halogens is 1. The van der Waals surface area contributed by atoms with Gasteiger partial charge in [0.2, 0.25) is 0 Å². The van der Waals surface area contributed by atoms with E-state index in [0.29, 0.717) is 6.54 Å². The zero-order chi connectivity index (χ0) is 20.5. The lowest BCUT2D eigenvalue weighted by Gasteiger charge is -2.36. The van der Waals surface area contributed by atoms with Gasteiger partial charge in [-0.05, 0) is 38.1 Å². The second kappa shape index (κ2) is 12.6. The molecule has 1 aliphatic heterocycles. The number of guanidine groups is 1. The van der Waals surface area contributed by atoms with Crippen LogP contribution < -0.4 is 14.8 Å². The lowest BCUT2D eigenvalue weighted by Crippen LogP contribution is -2.52. The molecule has 1 N–H and O–H groups in total. The second-order valence-corrected chi connectivity index (χ2v) is 7.05. The van der Waals surface area contributed by atoms with Crippen LogP contribution in [0.25, 0.3) is 0 Å². The van der Waals surface area contributed by atoms with Crippen molar-refractivity contribution in [3.8, 4) is 11.5 Å². The van der Waals surface area contributed by atoms with E-state index in [0.717, 1.165) is 62.4 Å². The molecule has 9 heteroatoms. The maximum Gasteiger partial charge on any atom is 0.194 e. The lowest BCUT2D eigenvalue weighted by molar-refractivity contribution is 0.168. The third-order valence-electron chi connectivity index (χ3n) is 4.78. The highest BCUT2D eigenvalue weighted by atomic mass is 127. The van der Waals surface area contributed by atoms with Gasteiger partial charge in [0.15, 0.2) is 5.96 Å². The summed E-state index contributed by atoms with van der Waals surface area (Å²) >= 11 is 0. The van der Waals surface area contributed by atoms with Crippen LogP contribution in [0.1, 0.15) is 19.5 Å². The Morgan fingerprint density at radius 1 is 1.17 bits per heavy atom. The summed E-state index contributed by atoms with van der Waals surface area (Å²) in [6, 6.07) is 9.54. The highest BCUT2D eigenvalue weighted by Crippen LogP contribution is 2.18. The predicted molar refractivity (Wildman–Crippen MR) is 128 cm³/mol. The highest BCUT2D eigenvalue weighted by Gasteiger charge is 2.20. The van der Waals surface area contributed by atoms with Gasteiger partial charge in [-0.15, -0.1) is 24.0 Å². The topological polar surface area (TPSA) is 75.4 Å². The second-order valence-electron chi connectivity index (χ2n) is 7.05. The van der Waals surface area contributed by atoms with Crippen molar-refractivity contribution in [2.24, 2.45) is 4.99 Å². The van der Waals surface area contributed by atoms with Crippen molar-refractivity contribution >= 4 is 29.9 Å². The Balaban J connectivity index is 0.00000320. The molecule has 1 saturated heterocycles. The number of aromatic nitrogens is 1. The first-order chi connectivity index (χ1) is 14.2. The van der Waals surface area contributed by atoms with Crippen molar-refractivity contribution < 1.29 is 14.0 Å². The highest BCUT2D eigenvalue weighted by molar-refractivity contribution is 14.0. The van der Waals surface area contributed by atoms with Gasteiger partial charge in [-0.1, -0.05) is 5.16 Å². The molecule has 30 heavy (non-hydrogen) atoms. The number of piperazine rings is 1. The molecule has 0 aliphatic carbocycles. The number of methoxy groups -OCH3 is 1. The number of rotatable bonds is 8. The quantitative estimate of drug-likeness (QED) is 0.320. The molecule has 3 rings (SSSR count). The Hall–Kier alpha value is -2.01. The minimum Gasteiger partial charge on any atom is -0.497 e. The Labute approximate surface area is 195 Å². The summed E-state index contributed by atoms with van der Waals surface area (Å²) in [6.07, 6.45) is 1.60. The number of benzene rings is 1. The molecular formula is C21H32IN5O3. The molecule has 0 bridgehead atoms. The van der Waals surface area contributed by atoms with E-state index in [-0.39, 0.29) is 30.1 Å². The maximum absolute atomic E-state index is 5.97. The molecule has 1 atom stereocenters. The molecule has 0 saturated carbocycles. The van der Waals surface area contributed by atoms with Gasteiger partial charge >= 0.3 is 0 Å². The van der Waals surface area contributed by atoms with E-state index in [1.807, 2.05) is 37.3 Å². The van der Waals surface area contributed by atoms with Gasteiger partial charge in [-0.25, -0.2) is 4.99 Å². The SMILES string of the molecule is CCNC(=NCC(C)Oc1ccc(OC)cc1)N1CCN(Cc2ccon2)CC1.I. The van der Waals surface area contributed by atoms with Crippen LogP contribution in [0.15, 0.2) is 46.1 Å². The van der Waals surface area contributed by atoms with Crippen LogP contribution in [0.2, 0.25) is 0 Å². The van der Waals surface area contributed by atoms with E-state index in [1.165, 1.54) is 0 Å². The Morgan fingerprint density at radius 2 is 1.87 bits per heavy atom. The van der Waals surface area contributed by atoms with Crippen LogP contribution in [0.3, 0.4) is 0 Å². The molecule has 1 aromatic heterocycles. The van der Waals surface area contributed by atoms with Crippen LogP contribution in [-0.4, -0.2) is 73.4 Å². The molecule has 2 aromatic rings. The number of nitrogens with zero attached hydrogens (tertiary/aromatic N) is 4. The van der Waals surface area contributed by atoms with Crippen molar-refractivity contribution in [3.63, 3.8) is 0 Å². The first-order valence-corrected chi connectivity index (χ1v) is 10.1. The number of nitrogens with one attached hydrogen (secondary N) is 1. The van der Waals surface area contributed by atoms with Crippen molar-refractivity contribution in [1.82, 2.24) is 20.3 Å². The molecule has 1 fully saturated rings. The van der Waals surface area contributed by atoms with E-state index in [2.05, 4.69) is 27.2 Å². The summed E-state index contributed by atoms with van der Waals surface area (Å²) in [5.41, 5.74) is 0.975. The Morgan fingerprint density at radius 3 is 2.47 bits per heavy atom. The summed E-state index contributed by atoms with van der Waals surface area (Å²) in [5.74, 6) is 2.58. The van der Waals surface area contributed by atoms with Gasteiger partial charge in [-0.2, -0.15) is 0 Å². The standard InChI is InChI=1S/C21H31N5O3.HI/c1-4-22-21(23-15-17(2)29-20-7-5-19(27-3)6-8-20)26-12-10-25(11-13-26)16-18-9-14-28-24-18;/h5-9,14,17H,4,10-13,15-16H2,1-3H3,(H,22,23);1H. The molecule has 1 unspecified atom stereocenters. The van der Waals surface area contributed by atoms with E-state index in [1.54, 1.807) is 13.4 Å². The summed E-state index contributed by atoms with van der Waals surface area (Å²) in [6.45, 7) is 10.2. The predicted octanol–water partition coefficient (Wildman–Crippen LogP) is 2.85. The number of hydrogen-bond donors (Lipinski definition) is 1. The van der Waals surface area contributed by atoms with E-state index in [9.17, 15) is 0 Å². The maximum atomic E-state index is 5.97. The summed E-state index contributed by atoms with van der Waals surface area (Å²) in [5, 5.41) is 7.40. The van der Waals surface area contributed by atoms with Gasteiger partial charge in [-0.3, -0.25) is 4.90 Å².